The smallest absolute Gasteiger partial charge is 0.224 e. The number of hydrogen-bond acceptors (Lipinski definition) is 3. The number of rotatable bonds is 2. The third-order valence-electron chi connectivity index (χ3n) is 2.10. The highest BCUT2D eigenvalue weighted by Gasteiger charge is 2.48. The summed E-state index contributed by atoms with van der Waals surface area (Å²) in [6.07, 6.45) is 0. The van der Waals surface area contributed by atoms with Crippen molar-refractivity contribution in [1.82, 2.24) is 5.32 Å². The number of carbonyl (C=O) groups is 2. The Morgan fingerprint density at radius 2 is 2.00 bits per heavy atom. The fourth-order valence-corrected chi connectivity index (χ4v) is 5.56. The van der Waals surface area contributed by atoms with Gasteiger partial charge < -0.3 is 5.32 Å². The van der Waals surface area contributed by atoms with E-state index in [2.05, 4.69) is 25.0 Å². The molecule has 5 heteroatoms. The average molecular weight is 217 g/mol. The zero-order valence-electron chi connectivity index (χ0n) is 8.38. The second-order valence-electron chi connectivity index (χ2n) is 4.38. The molecule has 0 saturated carbocycles. The molecule has 0 aromatic heterocycles. The lowest BCUT2D eigenvalue weighted by Gasteiger charge is -2.42. The molecular formula is C8H15NO2SSi. The first-order chi connectivity index (χ1) is 5.82. The van der Waals surface area contributed by atoms with E-state index in [9.17, 15) is 9.59 Å². The Hall–Kier alpha value is -0.293. The number of nitrogens with one attached hydrogen (secondary N) is 1. The lowest BCUT2D eigenvalue weighted by Crippen LogP contribution is -2.60. The molecule has 1 rings (SSSR count). The summed E-state index contributed by atoms with van der Waals surface area (Å²) in [6.45, 7) is 8.01. The maximum atomic E-state index is 11.3. The van der Waals surface area contributed by atoms with Gasteiger partial charge in [0.25, 0.3) is 0 Å². The summed E-state index contributed by atoms with van der Waals surface area (Å²) in [4.78, 5) is 22.1. The van der Waals surface area contributed by atoms with Crippen LogP contribution in [0.3, 0.4) is 0 Å². The van der Waals surface area contributed by atoms with Gasteiger partial charge >= 0.3 is 0 Å². The SMILES string of the molecule is CC(=O)SC1NC(=O)C1[Si](C)(C)C. The molecule has 0 bridgehead atoms. The molecule has 1 N–H and O–H groups in total. The van der Waals surface area contributed by atoms with E-state index in [4.69, 9.17) is 0 Å². The minimum absolute atomic E-state index is 0.0386. The van der Waals surface area contributed by atoms with E-state index >= 15 is 0 Å². The van der Waals surface area contributed by atoms with Gasteiger partial charge in [-0.15, -0.1) is 0 Å². The average Bonchev–Trinajstić information content (AvgIpc) is 1.79. The first-order valence-corrected chi connectivity index (χ1v) is 8.75. The summed E-state index contributed by atoms with van der Waals surface area (Å²) >= 11 is 1.24. The molecule has 1 saturated heterocycles. The van der Waals surface area contributed by atoms with Gasteiger partial charge in [0, 0.05) is 6.92 Å². The quantitative estimate of drug-likeness (QED) is 0.562. The van der Waals surface area contributed by atoms with E-state index in [1.807, 2.05) is 0 Å². The fraction of sp³-hybridized carbons (Fsp3) is 0.750. The maximum Gasteiger partial charge on any atom is 0.224 e. The number of thioether (sulfide) groups is 1. The molecule has 2 atom stereocenters. The third kappa shape index (κ3) is 2.34. The van der Waals surface area contributed by atoms with Crippen molar-refractivity contribution >= 4 is 30.9 Å². The number of β-lactam (4-membered cyclic amide) rings is 1. The van der Waals surface area contributed by atoms with E-state index in [-0.39, 0.29) is 21.9 Å². The monoisotopic (exact) mass is 217 g/mol. The largest absolute Gasteiger partial charge is 0.343 e. The van der Waals surface area contributed by atoms with Crippen LogP contribution >= 0.6 is 11.8 Å². The minimum Gasteiger partial charge on any atom is -0.343 e. The van der Waals surface area contributed by atoms with Crippen LogP contribution < -0.4 is 5.32 Å². The molecular weight excluding hydrogens is 202 g/mol. The van der Waals surface area contributed by atoms with E-state index in [0.29, 0.717) is 0 Å². The second kappa shape index (κ2) is 3.46. The van der Waals surface area contributed by atoms with Crippen molar-refractivity contribution in [3.63, 3.8) is 0 Å². The Kier molecular flexibility index (Phi) is 2.87. The molecule has 1 fully saturated rings. The summed E-state index contributed by atoms with van der Waals surface area (Å²) in [5.41, 5.74) is 0.0985. The van der Waals surface area contributed by atoms with E-state index in [1.165, 1.54) is 18.7 Å². The number of amides is 1. The first kappa shape index (κ1) is 10.8. The van der Waals surface area contributed by atoms with Gasteiger partial charge in [-0.05, 0) is 0 Å². The molecule has 0 radical (unpaired) electrons. The zero-order chi connectivity index (χ0) is 10.2. The molecule has 1 heterocycles. The van der Waals surface area contributed by atoms with Gasteiger partial charge in [-0.25, -0.2) is 0 Å². The van der Waals surface area contributed by atoms with Gasteiger partial charge in [0.05, 0.1) is 19.0 Å². The standard InChI is InChI=1S/C8H15NO2SSi/c1-5(10)12-8-6(7(11)9-8)13(2,3)4/h6,8H,1-4H3,(H,9,11). The summed E-state index contributed by atoms with van der Waals surface area (Å²) < 4.78 is 0. The van der Waals surface area contributed by atoms with E-state index in [1.54, 1.807) is 0 Å². The maximum absolute atomic E-state index is 11.3. The summed E-state index contributed by atoms with van der Waals surface area (Å²) in [5.74, 6) is 0.123. The van der Waals surface area contributed by atoms with Crippen molar-refractivity contribution in [3.8, 4) is 0 Å². The highest BCUT2D eigenvalue weighted by atomic mass is 32.2. The second-order valence-corrected chi connectivity index (χ2v) is 11.1. The fourth-order valence-electron chi connectivity index (χ4n) is 1.48. The highest BCUT2D eigenvalue weighted by molar-refractivity contribution is 8.14. The highest BCUT2D eigenvalue weighted by Crippen LogP contribution is 2.38. The Balaban J connectivity index is 2.62. The minimum atomic E-state index is -1.45. The summed E-state index contributed by atoms with van der Waals surface area (Å²) in [6, 6.07) is 0. The van der Waals surface area contributed by atoms with Crippen LogP contribution in [0.2, 0.25) is 25.2 Å². The van der Waals surface area contributed by atoms with Gasteiger partial charge in [0.2, 0.25) is 5.91 Å². The lowest BCUT2D eigenvalue weighted by molar-refractivity contribution is -0.126. The number of carbonyl (C=O) groups excluding carboxylic acids is 2. The van der Waals surface area contributed by atoms with Gasteiger partial charge in [0.1, 0.15) is 0 Å². The van der Waals surface area contributed by atoms with Crippen LogP contribution in [0, 0.1) is 0 Å². The molecule has 0 aromatic rings. The van der Waals surface area contributed by atoms with Gasteiger partial charge in [-0.3, -0.25) is 9.59 Å². The molecule has 13 heavy (non-hydrogen) atoms. The van der Waals surface area contributed by atoms with Crippen LogP contribution in [0.25, 0.3) is 0 Å². The van der Waals surface area contributed by atoms with Gasteiger partial charge in [0.15, 0.2) is 5.12 Å². The van der Waals surface area contributed by atoms with Crippen molar-refractivity contribution in [2.45, 2.75) is 37.5 Å². The molecule has 3 nitrogen and oxygen atoms in total. The van der Waals surface area contributed by atoms with Crippen molar-refractivity contribution in [2.75, 3.05) is 0 Å². The van der Waals surface area contributed by atoms with Crippen molar-refractivity contribution in [2.24, 2.45) is 0 Å². The predicted molar refractivity (Wildman–Crippen MR) is 57.3 cm³/mol. The Morgan fingerprint density at radius 1 is 1.46 bits per heavy atom. The van der Waals surface area contributed by atoms with Gasteiger partial charge in [-0.1, -0.05) is 31.4 Å². The summed E-state index contributed by atoms with van der Waals surface area (Å²) in [7, 11) is -1.45. The molecule has 1 amide bonds. The molecule has 2 unspecified atom stereocenters. The van der Waals surface area contributed by atoms with Crippen molar-refractivity contribution in [1.29, 1.82) is 0 Å². The Labute approximate surface area is 83.7 Å². The normalized spacial score (nSPS) is 27.8. The van der Waals surface area contributed by atoms with Crippen molar-refractivity contribution < 1.29 is 9.59 Å². The van der Waals surface area contributed by atoms with E-state index in [0.717, 1.165) is 0 Å². The third-order valence-corrected chi connectivity index (χ3v) is 5.77. The van der Waals surface area contributed by atoms with Crippen molar-refractivity contribution in [3.05, 3.63) is 0 Å². The van der Waals surface area contributed by atoms with Crippen LogP contribution in [-0.4, -0.2) is 24.5 Å². The summed E-state index contributed by atoms with van der Waals surface area (Å²) in [5, 5.41) is 2.88. The first-order valence-electron chi connectivity index (χ1n) is 4.30. The van der Waals surface area contributed by atoms with Crippen LogP contribution in [0.4, 0.5) is 0 Å². The molecule has 0 aromatic carbocycles. The number of hydrogen-bond donors (Lipinski definition) is 1. The van der Waals surface area contributed by atoms with Crippen LogP contribution in [0.1, 0.15) is 6.92 Å². The molecule has 1 aliphatic heterocycles. The lowest BCUT2D eigenvalue weighted by atomic mass is 10.2. The Morgan fingerprint density at radius 3 is 2.31 bits per heavy atom. The van der Waals surface area contributed by atoms with Crippen LogP contribution in [0.15, 0.2) is 0 Å². The van der Waals surface area contributed by atoms with Crippen LogP contribution in [-0.2, 0) is 9.59 Å². The molecule has 74 valence electrons. The van der Waals surface area contributed by atoms with Gasteiger partial charge in [-0.2, -0.15) is 0 Å². The van der Waals surface area contributed by atoms with E-state index < -0.39 is 8.07 Å². The molecule has 0 spiro atoms. The molecule has 1 aliphatic rings. The predicted octanol–water partition coefficient (Wildman–Crippen LogP) is 1.43. The topological polar surface area (TPSA) is 46.2 Å². The Bertz CT molecular complexity index is 249. The van der Waals surface area contributed by atoms with Crippen LogP contribution in [0.5, 0.6) is 0 Å². The zero-order valence-corrected chi connectivity index (χ0v) is 10.2. The molecule has 0 aliphatic carbocycles.